The van der Waals surface area contributed by atoms with Gasteiger partial charge in [-0.2, -0.15) is 5.26 Å². The number of anilines is 1. The molecule has 0 saturated heterocycles. The Bertz CT molecular complexity index is 1100. The zero-order valence-electron chi connectivity index (χ0n) is 15.4. The number of hydrogen-bond donors (Lipinski definition) is 1. The Hall–Kier alpha value is -3.19. The molecule has 2 aromatic heterocycles. The highest BCUT2D eigenvalue weighted by molar-refractivity contribution is 7.18. The first-order chi connectivity index (χ1) is 13.3. The third kappa shape index (κ3) is 3.89. The van der Waals surface area contributed by atoms with E-state index in [-0.39, 0.29) is 18.2 Å². The van der Waals surface area contributed by atoms with E-state index in [4.69, 9.17) is 10.00 Å². The molecule has 0 aromatic carbocycles. The molecule has 0 atom stereocenters. The van der Waals surface area contributed by atoms with Gasteiger partial charge in [0.25, 0.3) is 5.56 Å². The summed E-state index contributed by atoms with van der Waals surface area (Å²) in [4.78, 5) is 49.5. The van der Waals surface area contributed by atoms with Crippen molar-refractivity contribution in [3.8, 4) is 6.07 Å². The Balaban J connectivity index is 1.83. The molecule has 1 saturated carbocycles. The standard InChI is InChI=1S/C18H18N4O5S/c1-3-27-17(25)15-10(2)6-14(28-15)20-13(23)9-22-16(24)11(7-19)8-21(18(22)26)12-4-5-12/h6,8,12H,3-5,9H2,1-2H3,(H,20,23). The normalized spacial score (nSPS) is 13.0. The van der Waals surface area contributed by atoms with Gasteiger partial charge in [-0.15, -0.1) is 11.3 Å². The van der Waals surface area contributed by atoms with E-state index in [1.165, 1.54) is 10.8 Å². The molecule has 0 radical (unpaired) electrons. The van der Waals surface area contributed by atoms with Crippen molar-refractivity contribution >= 4 is 28.2 Å². The van der Waals surface area contributed by atoms with Crippen LogP contribution in [0.2, 0.25) is 0 Å². The zero-order valence-corrected chi connectivity index (χ0v) is 16.2. The maximum atomic E-state index is 12.5. The van der Waals surface area contributed by atoms with Gasteiger partial charge in [0.2, 0.25) is 5.91 Å². The Morgan fingerprint density at radius 1 is 1.39 bits per heavy atom. The second-order valence-corrected chi connectivity index (χ2v) is 7.41. The van der Waals surface area contributed by atoms with Crippen LogP contribution in [0.15, 0.2) is 21.9 Å². The highest BCUT2D eigenvalue weighted by Crippen LogP contribution is 2.33. The van der Waals surface area contributed by atoms with Gasteiger partial charge in [0, 0.05) is 12.2 Å². The van der Waals surface area contributed by atoms with Crippen molar-refractivity contribution in [3.63, 3.8) is 0 Å². The molecule has 0 unspecified atom stereocenters. The molecule has 2 aromatic rings. The largest absolute Gasteiger partial charge is 0.462 e. The highest BCUT2D eigenvalue weighted by atomic mass is 32.1. The molecule has 3 rings (SSSR count). The van der Waals surface area contributed by atoms with Crippen LogP contribution in [0.25, 0.3) is 0 Å². The summed E-state index contributed by atoms with van der Waals surface area (Å²) in [5, 5.41) is 12.1. The lowest BCUT2D eigenvalue weighted by Crippen LogP contribution is -2.43. The Morgan fingerprint density at radius 3 is 2.71 bits per heavy atom. The summed E-state index contributed by atoms with van der Waals surface area (Å²) in [7, 11) is 0. The van der Waals surface area contributed by atoms with Gasteiger partial charge < -0.3 is 10.1 Å². The number of carbonyl (C=O) groups is 2. The molecule has 9 nitrogen and oxygen atoms in total. The van der Waals surface area contributed by atoms with Gasteiger partial charge in [0.1, 0.15) is 23.1 Å². The Labute approximate surface area is 163 Å². The van der Waals surface area contributed by atoms with Crippen LogP contribution in [0.4, 0.5) is 5.00 Å². The number of thiophene rings is 1. The topological polar surface area (TPSA) is 123 Å². The highest BCUT2D eigenvalue weighted by Gasteiger charge is 2.27. The van der Waals surface area contributed by atoms with E-state index in [9.17, 15) is 19.2 Å². The van der Waals surface area contributed by atoms with Crippen molar-refractivity contribution in [2.75, 3.05) is 11.9 Å². The molecule has 28 heavy (non-hydrogen) atoms. The summed E-state index contributed by atoms with van der Waals surface area (Å²) >= 11 is 1.05. The van der Waals surface area contributed by atoms with Crippen molar-refractivity contribution in [3.05, 3.63) is 49.1 Å². The molecular formula is C18H18N4O5S. The van der Waals surface area contributed by atoms with E-state index in [0.717, 1.165) is 28.7 Å². The van der Waals surface area contributed by atoms with E-state index >= 15 is 0 Å². The van der Waals surface area contributed by atoms with Crippen molar-refractivity contribution in [1.29, 1.82) is 5.26 Å². The molecule has 10 heteroatoms. The molecular weight excluding hydrogens is 384 g/mol. The van der Waals surface area contributed by atoms with Crippen LogP contribution < -0.4 is 16.6 Å². The second-order valence-electron chi connectivity index (χ2n) is 6.36. The van der Waals surface area contributed by atoms with Gasteiger partial charge in [-0.1, -0.05) is 0 Å². The number of aromatic nitrogens is 2. The average Bonchev–Trinajstić information content (AvgIpc) is 3.42. The van der Waals surface area contributed by atoms with Crippen molar-refractivity contribution < 1.29 is 14.3 Å². The minimum Gasteiger partial charge on any atom is -0.462 e. The zero-order chi connectivity index (χ0) is 20.4. The number of nitriles is 1. The number of hydrogen-bond acceptors (Lipinski definition) is 7. The van der Waals surface area contributed by atoms with E-state index in [2.05, 4.69) is 5.32 Å². The van der Waals surface area contributed by atoms with E-state index in [1.54, 1.807) is 26.0 Å². The minimum atomic E-state index is -0.797. The summed E-state index contributed by atoms with van der Waals surface area (Å²) in [6.07, 6.45) is 2.84. The Kier molecular flexibility index (Phi) is 5.46. The number of nitrogens with zero attached hydrogens (tertiary/aromatic N) is 3. The molecule has 2 heterocycles. The monoisotopic (exact) mass is 402 g/mol. The summed E-state index contributed by atoms with van der Waals surface area (Å²) in [5.74, 6) is -1.08. The lowest BCUT2D eigenvalue weighted by atomic mass is 10.3. The lowest BCUT2D eigenvalue weighted by Gasteiger charge is -2.10. The van der Waals surface area contributed by atoms with Crippen LogP contribution in [0.3, 0.4) is 0 Å². The fraction of sp³-hybridized carbons (Fsp3) is 0.389. The fourth-order valence-corrected chi connectivity index (χ4v) is 3.70. The maximum Gasteiger partial charge on any atom is 0.348 e. The molecule has 0 bridgehead atoms. The van der Waals surface area contributed by atoms with Crippen molar-refractivity contribution in [2.45, 2.75) is 39.3 Å². The predicted molar refractivity (Wildman–Crippen MR) is 102 cm³/mol. The van der Waals surface area contributed by atoms with Crippen LogP contribution in [0.1, 0.15) is 46.6 Å². The maximum absolute atomic E-state index is 12.5. The third-order valence-electron chi connectivity index (χ3n) is 4.20. The van der Waals surface area contributed by atoms with E-state index in [0.29, 0.717) is 15.4 Å². The van der Waals surface area contributed by atoms with Gasteiger partial charge in [-0.05, 0) is 38.3 Å². The van der Waals surface area contributed by atoms with Gasteiger partial charge in [-0.25, -0.2) is 14.2 Å². The van der Waals surface area contributed by atoms with E-state index < -0.39 is 29.7 Å². The summed E-state index contributed by atoms with van der Waals surface area (Å²) in [6, 6.07) is 3.35. The molecule has 0 spiro atoms. The van der Waals surface area contributed by atoms with Crippen LogP contribution >= 0.6 is 11.3 Å². The first-order valence-corrected chi connectivity index (χ1v) is 9.50. The number of aryl methyl sites for hydroxylation is 1. The number of esters is 1. The molecule has 146 valence electrons. The molecule has 1 N–H and O–H groups in total. The van der Waals surface area contributed by atoms with Gasteiger partial charge in [0.15, 0.2) is 0 Å². The molecule has 1 amide bonds. The quantitative estimate of drug-likeness (QED) is 0.729. The SMILES string of the molecule is CCOC(=O)c1sc(NC(=O)Cn2c(=O)c(C#N)cn(C3CC3)c2=O)cc1C. The number of carbonyl (C=O) groups excluding carboxylic acids is 2. The number of amides is 1. The van der Waals surface area contributed by atoms with Crippen LogP contribution in [0.5, 0.6) is 0 Å². The minimum absolute atomic E-state index is 0.0402. The molecule has 0 aliphatic heterocycles. The van der Waals surface area contributed by atoms with E-state index in [1.807, 2.05) is 0 Å². The van der Waals surface area contributed by atoms with Gasteiger partial charge >= 0.3 is 11.7 Å². The molecule has 1 fully saturated rings. The number of rotatable bonds is 6. The van der Waals surface area contributed by atoms with Gasteiger partial charge in [-0.3, -0.25) is 14.2 Å². The Morgan fingerprint density at radius 2 is 2.11 bits per heavy atom. The number of nitrogens with one attached hydrogen (secondary N) is 1. The summed E-state index contributed by atoms with van der Waals surface area (Å²) in [6.45, 7) is 3.13. The summed E-state index contributed by atoms with van der Waals surface area (Å²) < 4.78 is 7.06. The van der Waals surface area contributed by atoms with Crippen LogP contribution in [0, 0.1) is 18.3 Å². The first kappa shape index (κ1) is 19.6. The van der Waals surface area contributed by atoms with Crippen molar-refractivity contribution in [1.82, 2.24) is 9.13 Å². The van der Waals surface area contributed by atoms with Crippen LogP contribution in [-0.2, 0) is 16.1 Å². The number of ether oxygens (including phenoxy) is 1. The lowest BCUT2D eigenvalue weighted by molar-refractivity contribution is -0.116. The fourth-order valence-electron chi connectivity index (χ4n) is 2.72. The average molecular weight is 402 g/mol. The molecule has 1 aliphatic rings. The smallest absolute Gasteiger partial charge is 0.348 e. The predicted octanol–water partition coefficient (Wildman–Crippen LogP) is 1.40. The summed E-state index contributed by atoms with van der Waals surface area (Å²) in [5.41, 5.74) is -0.945. The van der Waals surface area contributed by atoms with Crippen LogP contribution in [-0.4, -0.2) is 27.6 Å². The van der Waals surface area contributed by atoms with Gasteiger partial charge in [0.05, 0.1) is 11.6 Å². The van der Waals surface area contributed by atoms with Crippen molar-refractivity contribution in [2.24, 2.45) is 0 Å². The second kappa shape index (κ2) is 7.82. The molecule has 1 aliphatic carbocycles. The third-order valence-corrected chi connectivity index (χ3v) is 5.33. The first-order valence-electron chi connectivity index (χ1n) is 8.69.